The molecule has 0 bridgehead atoms. The van der Waals surface area contributed by atoms with Gasteiger partial charge in [-0.05, 0) is 38.2 Å². The van der Waals surface area contributed by atoms with Crippen molar-refractivity contribution in [2.75, 3.05) is 13.7 Å². The van der Waals surface area contributed by atoms with Gasteiger partial charge >= 0.3 is 0 Å². The van der Waals surface area contributed by atoms with Crippen molar-refractivity contribution in [2.45, 2.75) is 44.2 Å². The molecule has 20 heavy (non-hydrogen) atoms. The zero-order valence-corrected chi connectivity index (χ0v) is 11.7. The lowest BCUT2D eigenvalue weighted by Gasteiger charge is -2.23. The maximum absolute atomic E-state index is 5.88. The van der Waals surface area contributed by atoms with Crippen molar-refractivity contribution in [3.05, 3.63) is 17.8 Å². The standard InChI is InChI=1S/C15H19N3O2/c1-19-12-8-7-11-15(16-12)14(10-5-6-10)17-18(11)13-4-2-3-9-20-13/h7-8,10,13H,2-6,9H2,1H3. The Kier molecular flexibility index (Phi) is 2.88. The summed E-state index contributed by atoms with van der Waals surface area (Å²) in [5.41, 5.74) is 3.17. The minimum atomic E-state index is 0.0638. The van der Waals surface area contributed by atoms with E-state index in [0.717, 1.165) is 36.2 Å². The van der Waals surface area contributed by atoms with Crippen molar-refractivity contribution in [2.24, 2.45) is 0 Å². The molecule has 1 aliphatic carbocycles. The van der Waals surface area contributed by atoms with Gasteiger partial charge in [-0.3, -0.25) is 0 Å². The summed E-state index contributed by atoms with van der Waals surface area (Å²) in [4.78, 5) is 4.61. The van der Waals surface area contributed by atoms with Crippen LogP contribution in [0.15, 0.2) is 12.1 Å². The highest BCUT2D eigenvalue weighted by atomic mass is 16.5. The van der Waals surface area contributed by atoms with E-state index in [1.165, 1.54) is 19.3 Å². The highest BCUT2D eigenvalue weighted by molar-refractivity contribution is 5.79. The Hall–Kier alpha value is -1.62. The minimum Gasteiger partial charge on any atom is -0.481 e. The van der Waals surface area contributed by atoms with Gasteiger partial charge in [-0.1, -0.05) is 0 Å². The number of hydrogen-bond acceptors (Lipinski definition) is 4. The summed E-state index contributed by atoms with van der Waals surface area (Å²) in [6, 6.07) is 3.96. The largest absolute Gasteiger partial charge is 0.481 e. The van der Waals surface area contributed by atoms with E-state index in [2.05, 4.69) is 11.1 Å². The second kappa shape index (κ2) is 4.74. The lowest BCUT2D eigenvalue weighted by molar-refractivity contribution is -0.0368. The van der Waals surface area contributed by atoms with Gasteiger partial charge in [0.05, 0.1) is 18.3 Å². The Morgan fingerprint density at radius 1 is 1.25 bits per heavy atom. The summed E-state index contributed by atoms with van der Waals surface area (Å²) >= 11 is 0. The molecular weight excluding hydrogens is 254 g/mol. The van der Waals surface area contributed by atoms with Gasteiger partial charge in [-0.25, -0.2) is 9.67 Å². The van der Waals surface area contributed by atoms with Crippen molar-refractivity contribution >= 4 is 11.0 Å². The third-order valence-corrected chi connectivity index (χ3v) is 4.15. The third kappa shape index (κ3) is 1.97. The first-order valence-electron chi connectivity index (χ1n) is 7.41. The first-order valence-corrected chi connectivity index (χ1v) is 7.41. The summed E-state index contributed by atoms with van der Waals surface area (Å²) in [6.45, 7) is 0.828. The normalized spacial score (nSPS) is 23.1. The molecule has 1 saturated heterocycles. The van der Waals surface area contributed by atoms with E-state index in [1.54, 1.807) is 7.11 Å². The number of aromatic nitrogens is 3. The van der Waals surface area contributed by atoms with Gasteiger partial charge < -0.3 is 9.47 Å². The summed E-state index contributed by atoms with van der Waals surface area (Å²) in [7, 11) is 1.65. The maximum Gasteiger partial charge on any atom is 0.213 e. The van der Waals surface area contributed by atoms with E-state index in [0.29, 0.717) is 11.8 Å². The highest BCUT2D eigenvalue weighted by Crippen LogP contribution is 2.43. The van der Waals surface area contributed by atoms with Crippen LogP contribution < -0.4 is 4.74 Å². The predicted octanol–water partition coefficient (Wildman–Crippen LogP) is 3.02. The Balaban J connectivity index is 1.83. The molecule has 0 N–H and O–H groups in total. The molecule has 1 atom stereocenters. The molecule has 5 heteroatoms. The van der Waals surface area contributed by atoms with Gasteiger partial charge in [0.2, 0.25) is 5.88 Å². The summed E-state index contributed by atoms with van der Waals surface area (Å²) in [5.74, 6) is 1.23. The molecule has 2 aromatic rings. The smallest absolute Gasteiger partial charge is 0.213 e. The summed E-state index contributed by atoms with van der Waals surface area (Å²) < 4.78 is 13.2. The number of fused-ring (bicyclic) bond motifs is 1. The molecule has 0 aromatic carbocycles. The van der Waals surface area contributed by atoms with Crippen molar-refractivity contribution in [1.82, 2.24) is 14.8 Å². The van der Waals surface area contributed by atoms with Crippen molar-refractivity contribution in [3.63, 3.8) is 0 Å². The molecule has 1 aliphatic heterocycles. The number of pyridine rings is 1. The Morgan fingerprint density at radius 2 is 2.15 bits per heavy atom. The molecule has 2 fully saturated rings. The monoisotopic (exact) mass is 273 g/mol. The van der Waals surface area contributed by atoms with E-state index in [4.69, 9.17) is 14.6 Å². The first kappa shape index (κ1) is 12.1. The van der Waals surface area contributed by atoms with Crippen molar-refractivity contribution in [1.29, 1.82) is 0 Å². The van der Waals surface area contributed by atoms with Crippen LogP contribution >= 0.6 is 0 Å². The molecule has 0 spiro atoms. The predicted molar refractivity (Wildman–Crippen MR) is 74.9 cm³/mol. The topological polar surface area (TPSA) is 49.2 Å². The fourth-order valence-corrected chi connectivity index (χ4v) is 2.91. The van der Waals surface area contributed by atoms with Gasteiger partial charge in [-0.15, -0.1) is 0 Å². The average molecular weight is 273 g/mol. The van der Waals surface area contributed by atoms with Crippen LogP contribution in [0.25, 0.3) is 11.0 Å². The zero-order valence-electron chi connectivity index (χ0n) is 11.7. The zero-order chi connectivity index (χ0) is 13.5. The van der Waals surface area contributed by atoms with E-state index in [1.807, 2.05) is 10.7 Å². The van der Waals surface area contributed by atoms with Crippen molar-refractivity contribution < 1.29 is 9.47 Å². The minimum absolute atomic E-state index is 0.0638. The molecule has 5 nitrogen and oxygen atoms in total. The van der Waals surface area contributed by atoms with Crippen molar-refractivity contribution in [3.8, 4) is 5.88 Å². The van der Waals surface area contributed by atoms with Crippen LogP contribution in [0.4, 0.5) is 0 Å². The molecule has 2 aliphatic rings. The second-order valence-electron chi connectivity index (χ2n) is 5.65. The van der Waals surface area contributed by atoms with Crippen LogP contribution in [0, 0.1) is 0 Å². The van der Waals surface area contributed by atoms with Gasteiger partial charge in [-0.2, -0.15) is 5.10 Å². The van der Waals surface area contributed by atoms with Crippen LogP contribution in [0.3, 0.4) is 0 Å². The number of methoxy groups -OCH3 is 1. The molecule has 1 unspecified atom stereocenters. The SMILES string of the molecule is COc1ccc2c(n1)c(C1CC1)nn2C1CCCCO1. The molecule has 4 rings (SSSR count). The van der Waals surface area contributed by atoms with E-state index >= 15 is 0 Å². The maximum atomic E-state index is 5.88. The van der Waals surface area contributed by atoms with Gasteiger partial charge in [0.15, 0.2) is 6.23 Å². The van der Waals surface area contributed by atoms with Crippen LogP contribution in [-0.4, -0.2) is 28.5 Å². The molecule has 1 saturated carbocycles. The average Bonchev–Trinajstić information content (AvgIpc) is 3.28. The van der Waals surface area contributed by atoms with E-state index < -0.39 is 0 Å². The molecule has 2 aromatic heterocycles. The molecule has 0 amide bonds. The molecular formula is C15H19N3O2. The Bertz CT molecular complexity index is 627. The van der Waals surface area contributed by atoms with E-state index in [9.17, 15) is 0 Å². The highest BCUT2D eigenvalue weighted by Gasteiger charge is 2.31. The van der Waals surface area contributed by atoms with Crippen LogP contribution in [-0.2, 0) is 4.74 Å². The third-order valence-electron chi connectivity index (χ3n) is 4.15. The molecule has 3 heterocycles. The molecule has 0 radical (unpaired) electrons. The second-order valence-corrected chi connectivity index (χ2v) is 5.65. The van der Waals surface area contributed by atoms with Crippen LogP contribution in [0.2, 0.25) is 0 Å². The number of hydrogen-bond donors (Lipinski definition) is 0. The van der Waals surface area contributed by atoms with Gasteiger partial charge in [0.1, 0.15) is 5.52 Å². The number of ether oxygens (including phenoxy) is 2. The van der Waals surface area contributed by atoms with Gasteiger partial charge in [0, 0.05) is 18.6 Å². The lowest BCUT2D eigenvalue weighted by atomic mass is 10.2. The van der Waals surface area contributed by atoms with Crippen LogP contribution in [0.5, 0.6) is 5.88 Å². The fourth-order valence-electron chi connectivity index (χ4n) is 2.91. The first-order chi connectivity index (χ1) is 9.86. The Morgan fingerprint density at radius 3 is 2.85 bits per heavy atom. The summed E-state index contributed by atoms with van der Waals surface area (Å²) in [5, 5.41) is 4.82. The lowest BCUT2D eigenvalue weighted by Crippen LogP contribution is -2.19. The fraction of sp³-hybridized carbons (Fsp3) is 0.600. The Labute approximate surface area is 117 Å². The number of nitrogens with zero attached hydrogens (tertiary/aromatic N) is 3. The quantitative estimate of drug-likeness (QED) is 0.862. The van der Waals surface area contributed by atoms with E-state index in [-0.39, 0.29) is 6.23 Å². The molecule has 106 valence electrons. The summed E-state index contributed by atoms with van der Waals surface area (Å²) in [6.07, 6.45) is 5.89. The number of rotatable bonds is 3. The van der Waals surface area contributed by atoms with Gasteiger partial charge in [0.25, 0.3) is 0 Å². The van der Waals surface area contributed by atoms with Crippen LogP contribution in [0.1, 0.15) is 49.9 Å².